The Labute approximate surface area is 216 Å². The first kappa shape index (κ1) is 27.3. The van der Waals surface area contributed by atoms with E-state index in [1.54, 1.807) is 0 Å². The van der Waals surface area contributed by atoms with Gasteiger partial charge in [0.25, 0.3) is 0 Å². The lowest BCUT2D eigenvalue weighted by atomic mass is 9.83. The van der Waals surface area contributed by atoms with Crippen molar-refractivity contribution in [1.82, 2.24) is 29.5 Å². The van der Waals surface area contributed by atoms with Crippen LogP contribution in [0, 0.1) is 16.4 Å². The number of rotatable bonds is 10. The first-order chi connectivity index (χ1) is 17.9. The summed E-state index contributed by atoms with van der Waals surface area (Å²) in [5.41, 5.74) is -1.82. The van der Waals surface area contributed by atoms with Crippen molar-refractivity contribution < 1.29 is 36.2 Å². The Morgan fingerprint density at radius 1 is 1.13 bits per heavy atom. The van der Waals surface area contributed by atoms with E-state index < -0.39 is 42.2 Å². The summed E-state index contributed by atoms with van der Waals surface area (Å²) >= 11 is 5.51. The van der Waals surface area contributed by atoms with Gasteiger partial charge >= 0.3 is 12.3 Å². The fourth-order valence-electron chi connectivity index (χ4n) is 3.79. The molecule has 0 unspecified atom stereocenters. The van der Waals surface area contributed by atoms with Gasteiger partial charge in [-0.2, -0.15) is 19.0 Å². The molecule has 2 N–H and O–H groups in total. The molecule has 0 amide bonds. The van der Waals surface area contributed by atoms with E-state index in [-0.39, 0.29) is 28.3 Å². The summed E-state index contributed by atoms with van der Waals surface area (Å²) in [4.78, 5) is 3.99. The van der Waals surface area contributed by atoms with Gasteiger partial charge in [-0.05, 0) is 49.5 Å². The molecule has 0 aliphatic rings. The number of benzene rings is 2. The highest BCUT2D eigenvalue weighted by molar-refractivity contribution is 7.71. The summed E-state index contributed by atoms with van der Waals surface area (Å²) in [6.07, 6.45) is -1.58. The molecule has 8 nitrogen and oxygen atoms in total. The third kappa shape index (κ3) is 5.43. The topological polar surface area (TPSA) is 93.8 Å². The van der Waals surface area contributed by atoms with Crippen LogP contribution >= 0.6 is 12.2 Å². The molecule has 2 aromatic heterocycles. The average molecular weight is 559 g/mol. The molecule has 4 aromatic rings. The molecule has 2 heterocycles. The maximum atomic E-state index is 14.8. The average Bonchev–Trinajstić information content (AvgIpc) is 3.52. The van der Waals surface area contributed by atoms with Crippen LogP contribution in [0.25, 0.3) is 5.69 Å². The third-order valence-electron chi connectivity index (χ3n) is 5.92. The van der Waals surface area contributed by atoms with E-state index in [1.807, 2.05) is 0 Å². The Morgan fingerprint density at radius 3 is 2.45 bits per heavy atom. The van der Waals surface area contributed by atoms with Crippen molar-refractivity contribution in [2.75, 3.05) is 6.61 Å². The van der Waals surface area contributed by atoms with E-state index in [2.05, 4.69) is 20.3 Å². The predicted octanol–water partition coefficient (Wildman–Crippen LogP) is 4.77. The molecule has 0 radical (unpaired) electrons. The number of hydrogen-bond donors (Lipinski definition) is 2. The van der Waals surface area contributed by atoms with Crippen molar-refractivity contribution in [1.29, 1.82) is 0 Å². The zero-order valence-corrected chi connectivity index (χ0v) is 20.3. The van der Waals surface area contributed by atoms with Crippen LogP contribution in [0.1, 0.15) is 24.4 Å². The molecule has 2 aromatic carbocycles. The minimum atomic E-state index is -4.30. The zero-order chi connectivity index (χ0) is 27.7. The van der Waals surface area contributed by atoms with Crippen LogP contribution in [0.4, 0.5) is 26.3 Å². The second kappa shape index (κ2) is 10.6. The van der Waals surface area contributed by atoms with Crippen molar-refractivity contribution >= 4 is 12.2 Å². The number of nitrogens with zero attached hydrogens (tertiary/aromatic N) is 5. The van der Waals surface area contributed by atoms with Crippen LogP contribution in [-0.4, -0.2) is 53.6 Å². The molecule has 0 bridgehead atoms. The number of aromatic nitrogens is 6. The number of nitrogens with one attached hydrogen (secondary N) is 1. The SMILES string of the molecule is C[C@@H](n1ncn(-c2ccc(OCC(F)(F)C(F)F)cc2)c1=S)[C@@](O)(Cc1ncn[nH]1)c1ccc(F)cc1F. The van der Waals surface area contributed by atoms with Gasteiger partial charge in [0.05, 0.1) is 6.04 Å². The summed E-state index contributed by atoms with van der Waals surface area (Å²) in [5.74, 6) is -5.97. The summed E-state index contributed by atoms with van der Waals surface area (Å²) in [5, 5.41) is 22.3. The van der Waals surface area contributed by atoms with E-state index in [4.69, 9.17) is 17.0 Å². The molecule has 38 heavy (non-hydrogen) atoms. The highest BCUT2D eigenvalue weighted by Gasteiger charge is 2.42. The van der Waals surface area contributed by atoms with Crippen LogP contribution < -0.4 is 4.74 Å². The van der Waals surface area contributed by atoms with Gasteiger partial charge in [0.2, 0.25) is 4.77 Å². The Balaban J connectivity index is 1.64. The lowest BCUT2D eigenvalue weighted by Gasteiger charge is -2.34. The van der Waals surface area contributed by atoms with Crippen molar-refractivity contribution in [3.8, 4) is 11.4 Å². The molecule has 0 aliphatic carbocycles. The molecule has 0 saturated carbocycles. The largest absolute Gasteiger partial charge is 0.487 e. The summed E-state index contributed by atoms with van der Waals surface area (Å²) < 4.78 is 86.8. The Bertz CT molecular complexity index is 1440. The smallest absolute Gasteiger partial charge is 0.340 e. The minimum absolute atomic E-state index is 0.0638. The van der Waals surface area contributed by atoms with Crippen LogP contribution in [0.3, 0.4) is 0 Å². The molecule has 0 aliphatic heterocycles. The fourth-order valence-corrected chi connectivity index (χ4v) is 4.14. The molecule has 15 heteroatoms. The quantitative estimate of drug-likeness (QED) is 0.215. The van der Waals surface area contributed by atoms with E-state index >= 15 is 0 Å². The molecule has 0 fully saturated rings. The van der Waals surface area contributed by atoms with Gasteiger partial charge in [0, 0.05) is 23.7 Å². The normalized spacial score (nSPS) is 14.4. The van der Waals surface area contributed by atoms with Crippen LogP contribution in [0.2, 0.25) is 0 Å². The number of aromatic amines is 1. The maximum absolute atomic E-state index is 14.8. The van der Waals surface area contributed by atoms with Gasteiger partial charge in [-0.25, -0.2) is 27.2 Å². The molecule has 0 saturated heterocycles. The summed E-state index contributed by atoms with van der Waals surface area (Å²) in [6.45, 7) is 0.0367. The lowest BCUT2D eigenvalue weighted by molar-refractivity contribution is -0.148. The Morgan fingerprint density at radius 2 is 1.84 bits per heavy atom. The molecule has 4 rings (SSSR count). The standard InChI is InChI=1S/C23H20F6N6O2S/c1-13(22(36,9-19-30-11-31-33-19)17-7-2-14(24)8-18(17)25)35-21(38)34(12-32-35)15-3-5-16(6-4-15)37-10-23(28,29)20(26)27/h2-8,11-13,20,36H,9-10H2,1H3,(H,30,31,33)/t13-,22+/m1/s1. The highest BCUT2D eigenvalue weighted by atomic mass is 32.1. The van der Waals surface area contributed by atoms with E-state index in [9.17, 15) is 31.4 Å². The molecule has 0 spiro atoms. The number of H-pyrrole nitrogens is 1. The Kier molecular flexibility index (Phi) is 7.60. The fraction of sp³-hybridized carbons (Fsp3) is 0.304. The lowest BCUT2D eigenvalue weighted by Crippen LogP contribution is -2.39. The number of ether oxygens (including phenoxy) is 1. The van der Waals surface area contributed by atoms with Crippen LogP contribution in [0.15, 0.2) is 55.1 Å². The summed E-state index contributed by atoms with van der Waals surface area (Å²) in [7, 11) is 0. The minimum Gasteiger partial charge on any atom is -0.487 e. The van der Waals surface area contributed by atoms with Gasteiger partial charge in [0.15, 0.2) is 6.61 Å². The zero-order valence-electron chi connectivity index (χ0n) is 19.5. The number of halogens is 6. The first-order valence-electron chi connectivity index (χ1n) is 11.0. The monoisotopic (exact) mass is 558 g/mol. The van der Waals surface area contributed by atoms with E-state index in [0.717, 1.165) is 12.1 Å². The van der Waals surface area contributed by atoms with Gasteiger partial charge in [0.1, 0.15) is 41.5 Å². The van der Waals surface area contributed by atoms with Gasteiger partial charge < -0.3 is 9.84 Å². The maximum Gasteiger partial charge on any atom is 0.340 e. The van der Waals surface area contributed by atoms with Gasteiger partial charge in [-0.15, -0.1) is 0 Å². The molecular formula is C23H20F6N6O2S. The third-order valence-corrected chi connectivity index (χ3v) is 6.30. The Hall–Kier alpha value is -3.72. The second-order valence-electron chi connectivity index (χ2n) is 8.41. The van der Waals surface area contributed by atoms with E-state index in [0.29, 0.717) is 11.8 Å². The van der Waals surface area contributed by atoms with Gasteiger partial charge in [-0.1, -0.05) is 6.07 Å². The van der Waals surface area contributed by atoms with Crippen molar-refractivity contribution in [2.45, 2.75) is 37.3 Å². The highest BCUT2D eigenvalue weighted by Crippen LogP contribution is 2.37. The van der Waals surface area contributed by atoms with Crippen molar-refractivity contribution in [3.05, 3.63) is 82.9 Å². The summed E-state index contributed by atoms with van der Waals surface area (Å²) in [6, 6.07) is 7.20. The number of hydrogen-bond acceptors (Lipinski definition) is 6. The van der Waals surface area contributed by atoms with Gasteiger partial charge in [-0.3, -0.25) is 9.67 Å². The van der Waals surface area contributed by atoms with Crippen molar-refractivity contribution in [3.63, 3.8) is 0 Å². The number of alkyl halides is 4. The molecular weight excluding hydrogens is 538 g/mol. The predicted molar refractivity (Wildman–Crippen MR) is 124 cm³/mol. The van der Waals surface area contributed by atoms with Crippen LogP contribution in [-0.2, 0) is 12.0 Å². The van der Waals surface area contributed by atoms with E-state index in [1.165, 1.54) is 53.1 Å². The van der Waals surface area contributed by atoms with Crippen molar-refractivity contribution in [2.24, 2.45) is 0 Å². The first-order valence-corrected chi connectivity index (χ1v) is 11.4. The molecule has 2 atom stereocenters. The number of aliphatic hydroxyl groups is 1. The van der Waals surface area contributed by atoms with Crippen LogP contribution in [0.5, 0.6) is 5.75 Å². The second-order valence-corrected chi connectivity index (χ2v) is 8.77. The molecule has 202 valence electrons.